The summed E-state index contributed by atoms with van der Waals surface area (Å²) in [5.74, 6) is 1.73. The summed E-state index contributed by atoms with van der Waals surface area (Å²) in [4.78, 5) is 11.9. The third-order valence-corrected chi connectivity index (χ3v) is 3.94. The maximum absolute atomic E-state index is 11.9. The average Bonchev–Trinajstić information content (AvgIpc) is 2.49. The molecule has 1 aliphatic rings. The number of amides is 1. The van der Waals surface area contributed by atoms with Crippen LogP contribution in [-0.4, -0.2) is 25.3 Å². The highest BCUT2D eigenvalue weighted by Crippen LogP contribution is 2.36. The Morgan fingerprint density at radius 3 is 2.57 bits per heavy atom. The molecule has 5 heteroatoms. The summed E-state index contributed by atoms with van der Waals surface area (Å²) in [6, 6.07) is 7.12. The molecule has 1 saturated carbocycles. The minimum atomic E-state index is -0.246. The molecule has 0 saturated heterocycles. The second kappa shape index (κ2) is 7.49. The Balaban J connectivity index is 1.81. The number of hydrogen-bond acceptors (Lipinski definition) is 4. The number of benzene rings is 1. The predicted octanol–water partition coefficient (Wildman–Crippen LogP) is 3.39. The van der Waals surface area contributed by atoms with Crippen molar-refractivity contribution in [2.75, 3.05) is 13.7 Å². The van der Waals surface area contributed by atoms with Gasteiger partial charge in [0.25, 0.3) is 5.91 Å². The molecule has 0 aliphatic heterocycles. The SMILES string of the molecule is COc1ccc(OCC(=O)N/N=C2/C[C@@H](C)CC(C)(C)C2)cc1. The fourth-order valence-electron chi connectivity index (χ4n) is 3.19. The molecule has 126 valence electrons. The van der Waals surface area contributed by atoms with E-state index in [-0.39, 0.29) is 17.9 Å². The van der Waals surface area contributed by atoms with Crippen LogP contribution in [0.2, 0.25) is 0 Å². The van der Waals surface area contributed by atoms with Gasteiger partial charge < -0.3 is 9.47 Å². The van der Waals surface area contributed by atoms with Crippen LogP contribution >= 0.6 is 0 Å². The van der Waals surface area contributed by atoms with E-state index in [1.807, 2.05) is 0 Å². The summed E-state index contributed by atoms with van der Waals surface area (Å²) < 4.78 is 10.5. The molecule has 1 aliphatic carbocycles. The highest BCUT2D eigenvalue weighted by Gasteiger charge is 2.29. The highest BCUT2D eigenvalue weighted by molar-refractivity contribution is 5.87. The van der Waals surface area contributed by atoms with Crippen molar-refractivity contribution in [2.45, 2.75) is 40.0 Å². The minimum Gasteiger partial charge on any atom is -0.497 e. The Morgan fingerprint density at radius 2 is 1.96 bits per heavy atom. The van der Waals surface area contributed by atoms with Crippen molar-refractivity contribution in [3.63, 3.8) is 0 Å². The van der Waals surface area contributed by atoms with E-state index in [0.29, 0.717) is 11.7 Å². The summed E-state index contributed by atoms with van der Waals surface area (Å²) in [6.07, 6.45) is 3.07. The molecule has 1 aromatic carbocycles. The number of hydrazone groups is 1. The van der Waals surface area contributed by atoms with Crippen LogP contribution in [0.3, 0.4) is 0 Å². The van der Waals surface area contributed by atoms with E-state index in [0.717, 1.165) is 24.3 Å². The van der Waals surface area contributed by atoms with Gasteiger partial charge in [0.15, 0.2) is 6.61 Å². The number of carbonyl (C=O) groups excluding carboxylic acids is 1. The van der Waals surface area contributed by atoms with E-state index in [1.165, 1.54) is 6.42 Å². The van der Waals surface area contributed by atoms with Crippen LogP contribution in [0.25, 0.3) is 0 Å². The van der Waals surface area contributed by atoms with E-state index >= 15 is 0 Å². The van der Waals surface area contributed by atoms with Crippen LogP contribution in [-0.2, 0) is 4.79 Å². The summed E-state index contributed by atoms with van der Waals surface area (Å²) in [5, 5.41) is 4.29. The van der Waals surface area contributed by atoms with Gasteiger partial charge in [0, 0.05) is 5.71 Å². The van der Waals surface area contributed by atoms with Crippen molar-refractivity contribution in [3.8, 4) is 11.5 Å². The van der Waals surface area contributed by atoms with Crippen LogP contribution in [0.1, 0.15) is 40.0 Å². The molecular formula is C18H26N2O3. The lowest BCUT2D eigenvalue weighted by molar-refractivity contribution is -0.123. The summed E-state index contributed by atoms with van der Waals surface area (Å²) in [5.41, 5.74) is 3.92. The Kier molecular flexibility index (Phi) is 5.64. The normalized spacial score (nSPS) is 21.7. The molecule has 1 N–H and O–H groups in total. The number of hydrogen-bond donors (Lipinski definition) is 1. The third-order valence-electron chi connectivity index (χ3n) is 3.94. The van der Waals surface area contributed by atoms with Gasteiger partial charge in [-0.15, -0.1) is 0 Å². The van der Waals surface area contributed by atoms with Gasteiger partial charge in [-0.2, -0.15) is 5.10 Å². The first-order valence-electron chi connectivity index (χ1n) is 7.99. The van der Waals surface area contributed by atoms with Gasteiger partial charge in [-0.1, -0.05) is 20.8 Å². The molecule has 0 spiro atoms. The molecule has 0 radical (unpaired) electrons. The maximum Gasteiger partial charge on any atom is 0.277 e. The van der Waals surface area contributed by atoms with Crippen LogP contribution in [0, 0.1) is 11.3 Å². The zero-order chi connectivity index (χ0) is 16.9. The molecule has 0 unspecified atom stereocenters. The van der Waals surface area contributed by atoms with Crippen molar-refractivity contribution < 1.29 is 14.3 Å². The van der Waals surface area contributed by atoms with Gasteiger partial charge in [0.1, 0.15) is 11.5 Å². The van der Waals surface area contributed by atoms with Gasteiger partial charge in [-0.25, -0.2) is 5.43 Å². The number of rotatable bonds is 5. The molecular weight excluding hydrogens is 292 g/mol. The number of nitrogens with one attached hydrogen (secondary N) is 1. The van der Waals surface area contributed by atoms with Crippen LogP contribution < -0.4 is 14.9 Å². The average molecular weight is 318 g/mol. The number of methoxy groups -OCH3 is 1. The van der Waals surface area contributed by atoms with Gasteiger partial charge in [-0.3, -0.25) is 4.79 Å². The van der Waals surface area contributed by atoms with Crippen molar-refractivity contribution in [1.29, 1.82) is 0 Å². The molecule has 0 heterocycles. The van der Waals surface area contributed by atoms with Crippen LogP contribution in [0.5, 0.6) is 11.5 Å². The Bertz CT molecular complexity index is 564. The Labute approximate surface area is 138 Å². The Morgan fingerprint density at radius 1 is 1.30 bits per heavy atom. The van der Waals surface area contributed by atoms with Crippen molar-refractivity contribution >= 4 is 11.6 Å². The van der Waals surface area contributed by atoms with E-state index in [1.54, 1.807) is 31.4 Å². The summed E-state index contributed by atoms with van der Waals surface area (Å²) >= 11 is 0. The molecule has 1 atom stereocenters. The van der Waals surface area contributed by atoms with E-state index in [9.17, 15) is 4.79 Å². The third kappa shape index (κ3) is 5.58. The standard InChI is InChI=1S/C18H26N2O3/c1-13-9-14(11-18(2,3)10-13)19-20-17(21)12-23-16-7-5-15(22-4)6-8-16/h5-8,13H,9-12H2,1-4H3,(H,20,21)/b19-14-/t13-/m1/s1. The second-order valence-electron chi connectivity index (χ2n) is 7.03. The lowest BCUT2D eigenvalue weighted by Crippen LogP contribution is -2.31. The van der Waals surface area contributed by atoms with Crippen molar-refractivity contribution in [2.24, 2.45) is 16.4 Å². The van der Waals surface area contributed by atoms with Gasteiger partial charge in [0.2, 0.25) is 0 Å². The fraction of sp³-hybridized carbons (Fsp3) is 0.556. The largest absolute Gasteiger partial charge is 0.497 e. The smallest absolute Gasteiger partial charge is 0.277 e. The van der Waals surface area contributed by atoms with Gasteiger partial charge in [-0.05, 0) is 54.9 Å². The van der Waals surface area contributed by atoms with E-state index in [2.05, 4.69) is 31.3 Å². The number of nitrogens with zero attached hydrogens (tertiary/aromatic N) is 1. The van der Waals surface area contributed by atoms with E-state index < -0.39 is 0 Å². The first-order chi connectivity index (χ1) is 10.9. The molecule has 0 bridgehead atoms. The molecule has 23 heavy (non-hydrogen) atoms. The predicted molar refractivity (Wildman–Crippen MR) is 90.9 cm³/mol. The zero-order valence-corrected chi connectivity index (χ0v) is 14.4. The molecule has 1 aromatic rings. The van der Waals surface area contributed by atoms with Crippen molar-refractivity contribution in [1.82, 2.24) is 5.43 Å². The number of carbonyl (C=O) groups is 1. The summed E-state index contributed by atoms with van der Waals surface area (Å²) in [6.45, 7) is 6.66. The molecule has 1 fully saturated rings. The minimum absolute atomic E-state index is 0.0535. The molecule has 2 rings (SSSR count). The molecule has 1 amide bonds. The van der Waals surface area contributed by atoms with Gasteiger partial charge in [0.05, 0.1) is 7.11 Å². The van der Waals surface area contributed by atoms with Crippen molar-refractivity contribution in [3.05, 3.63) is 24.3 Å². The lowest BCUT2D eigenvalue weighted by atomic mass is 9.72. The number of ether oxygens (including phenoxy) is 2. The lowest BCUT2D eigenvalue weighted by Gasteiger charge is -2.34. The molecule has 5 nitrogen and oxygen atoms in total. The monoisotopic (exact) mass is 318 g/mol. The molecule has 0 aromatic heterocycles. The van der Waals surface area contributed by atoms with Crippen LogP contribution in [0.15, 0.2) is 29.4 Å². The summed E-state index contributed by atoms with van der Waals surface area (Å²) in [7, 11) is 1.61. The van der Waals surface area contributed by atoms with Gasteiger partial charge >= 0.3 is 0 Å². The maximum atomic E-state index is 11.9. The highest BCUT2D eigenvalue weighted by atomic mass is 16.5. The quantitative estimate of drug-likeness (QED) is 0.847. The first kappa shape index (κ1) is 17.3. The van der Waals surface area contributed by atoms with E-state index in [4.69, 9.17) is 9.47 Å². The second-order valence-corrected chi connectivity index (χ2v) is 7.03. The zero-order valence-electron chi connectivity index (χ0n) is 14.4. The Hall–Kier alpha value is -2.04. The fourth-order valence-corrected chi connectivity index (χ4v) is 3.19. The first-order valence-corrected chi connectivity index (χ1v) is 7.99. The van der Waals surface area contributed by atoms with Crippen LogP contribution in [0.4, 0.5) is 0 Å². The topological polar surface area (TPSA) is 59.9 Å².